The van der Waals surface area contributed by atoms with E-state index < -0.39 is 0 Å². The minimum absolute atomic E-state index is 0.214. The second kappa shape index (κ2) is 15.7. The fourth-order valence-corrected chi connectivity index (χ4v) is 2.43. The lowest BCUT2D eigenvalue weighted by atomic mass is 10.1. The van der Waals surface area contributed by atoms with E-state index in [0.29, 0.717) is 6.42 Å². The second-order valence-corrected chi connectivity index (χ2v) is 6.37. The van der Waals surface area contributed by atoms with Crippen molar-refractivity contribution in [1.29, 1.82) is 0 Å². The van der Waals surface area contributed by atoms with E-state index in [4.69, 9.17) is 9.15 Å². The highest BCUT2D eigenvalue weighted by atomic mass is 16.5. The third-order valence-electron chi connectivity index (χ3n) is 4.26. The quantitative estimate of drug-likeness (QED) is 0.459. The summed E-state index contributed by atoms with van der Waals surface area (Å²) in [5.41, 5.74) is 2.52. The second-order valence-electron chi connectivity index (χ2n) is 6.37. The molecule has 1 aromatic heterocycles. The predicted molar refractivity (Wildman–Crippen MR) is 119 cm³/mol. The SMILES string of the molecule is C/C=C(\C)CCc1ccc(CC)o1.CC.COc1ccccc1CCC(C)=O. The van der Waals surface area contributed by atoms with Crippen molar-refractivity contribution in [2.24, 2.45) is 0 Å². The van der Waals surface area contributed by atoms with E-state index in [1.54, 1.807) is 14.0 Å². The van der Waals surface area contributed by atoms with Gasteiger partial charge in [0.15, 0.2) is 0 Å². The first-order valence-corrected chi connectivity index (χ1v) is 10.3. The number of allylic oxidation sites excluding steroid dienone is 2. The van der Waals surface area contributed by atoms with Crippen molar-refractivity contribution in [3.63, 3.8) is 0 Å². The minimum atomic E-state index is 0.214. The van der Waals surface area contributed by atoms with Gasteiger partial charge >= 0.3 is 0 Å². The molecule has 2 aromatic rings. The van der Waals surface area contributed by atoms with Crippen molar-refractivity contribution in [2.75, 3.05) is 7.11 Å². The third-order valence-corrected chi connectivity index (χ3v) is 4.26. The molecule has 156 valence electrons. The fourth-order valence-electron chi connectivity index (χ4n) is 2.43. The van der Waals surface area contributed by atoms with Gasteiger partial charge < -0.3 is 13.9 Å². The van der Waals surface area contributed by atoms with Gasteiger partial charge in [-0.25, -0.2) is 0 Å². The van der Waals surface area contributed by atoms with Crippen molar-refractivity contribution in [2.45, 2.75) is 73.6 Å². The molecule has 0 aliphatic heterocycles. The molecule has 28 heavy (non-hydrogen) atoms. The lowest BCUT2D eigenvalue weighted by Crippen LogP contribution is -1.96. The highest BCUT2D eigenvalue weighted by Gasteiger charge is 2.02. The Morgan fingerprint density at radius 3 is 2.18 bits per heavy atom. The van der Waals surface area contributed by atoms with Gasteiger partial charge in [0.2, 0.25) is 0 Å². The van der Waals surface area contributed by atoms with Crippen molar-refractivity contribution in [3.05, 3.63) is 65.1 Å². The molecule has 0 bridgehead atoms. The zero-order valence-electron chi connectivity index (χ0n) is 18.8. The van der Waals surface area contributed by atoms with Crippen LogP contribution < -0.4 is 4.74 Å². The predicted octanol–water partition coefficient (Wildman–Crippen LogP) is 6.98. The van der Waals surface area contributed by atoms with Crippen LogP contribution in [-0.4, -0.2) is 12.9 Å². The van der Waals surface area contributed by atoms with Gasteiger partial charge in [-0.15, -0.1) is 0 Å². The van der Waals surface area contributed by atoms with Crippen molar-refractivity contribution < 1.29 is 13.9 Å². The van der Waals surface area contributed by atoms with Crippen LogP contribution in [0.15, 0.2) is 52.5 Å². The molecule has 0 N–H and O–H groups in total. The van der Waals surface area contributed by atoms with Crippen LogP contribution in [0.1, 0.15) is 71.5 Å². The average Bonchev–Trinajstić information content (AvgIpc) is 3.20. The van der Waals surface area contributed by atoms with Crippen LogP contribution >= 0.6 is 0 Å². The minimum Gasteiger partial charge on any atom is -0.496 e. The maximum Gasteiger partial charge on any atom is 0.130 e. The standard InChI is InChI=1S/C12H18O.C11H14O2.C2H6/c1-4-10(3)6-7-12-9-8-11(5-2)13-12;1-9(12)7-8-10-5-3-4-6-11(10)13-2;1-2/h4,8-9H,5-7H2,1-3H3;3-6H,7-8H2,1-2H3;1-2H3/b10-4+;;. The fraction of sp³-hybridized carbons (Fsp3) is 0.480. The third kappa shape index (κ3) is 10.8. The number of ether oxygens (including phenoxy) is 1. The molecule has 3 heteroatoms. The summed E-state index contributed by atoms with van der Waals surface area (Å²) in [6.45, 7) is 12.0. The molecular weight excluding hydrogens is 348 g/mol. The van der Waals surface area contributed by atoms with Crippen LogP contribution in [0.5, 0.6) is 5.75 Å². The maximum absolute atomic E-state index is 10.8. The van der Waals surface area contributed by atoms with Gasteiger partial charge in [0.1, 0.15) is 23.1 Å². The summed E-state index contributed by atoms with van der Waals surface area (Å²) >= 11 is 0. The summed E-state index contributed by atoms with van der Waals surface area (Å²) in [5.74, 6) is 3.28. The summed E-state index contributed by atoms with van der Waals surface area (Å²) in [6, 6.07) is 11.9. The van der Waals surface area contributed by atoms with E-state index in [9.17, 15) is 4.79 Å². The topological polar surface area (TPSA) is 39.4 Å². The van der Waals surface area contributed by atoms with Crippen LogP contribution in [-0.2, 0) is 24.1 Å². The summed E-state index contributed by atoms with van der Waals surface area (Å²) < 4.78 is 10.8. The Bertz CT molecular complexity index is 695. The number of aryl methyl sites for hydroxylation is 3. The number of carbonyl (C=O) groups excluding carboxylic acids is 1. The summed E-state index contributed by atoms with van der Waals surface area (Å²) in [6.07, 6.45) is 6.62. The molecule has 1 heterocycles. The molecule has 0 aliphatic rings. The number of rotatable bonds is 8. The first kappa shape index (κ1) is 25.7. The monoisotopic (exact) mass is 386 g/mol. The Morgan fingerprint density at radius 2 is 1.64 bits per heavy atom. The first-order chi connectivity index (χ1) is 13.5. The summed E-state index contributed by atoms with van der Waals surface area (Å²) in [5, 5.41) is 0. The number of methoxy groups -OCH3 is 1. The molecule has 0 amide bonds. The number of hydrogen-bond acceptors (Lipinski definition) is 3. The zero-order valence-corrected chi connectivity index (χ0v) is 18.8. The van der Waals surface area contributed by atoms with Gasteiger partial charge in [-0.1, -0.05) is 50.6 Å². The largest absolute Gasteiger partial charge is 0.496 e. The smallest absolute Gasteiger partial charge is 0.130 e. The van der Waals surface area contributed by atoms with Crippen LogP contribution in [0.3, 0.4) is 0 Å². The molecule has 0 aliphatic carbocycles. The molecule has 0 unspecified atom stereocenters. The van der Waals surface area contributed by atoms with E-state index in [-0.39, 0.29) is 5.78 Å². The van der Waals surface area contributed by atoms with E-state index in [1.165, 1.54) is 5.57 Å². The highest BCUT2D eigenvalue weighted by Crippen LogP contribution is 2.18. The molecule has 0 saturated heterocycles. The number of benzene rings is 1. The van der Waals surface area contributed by atoms with Gasteiger partial charge in [0.25, 0.3) is 0 Å². The summed E-state index contributed by atoms with van der Waals surface area (Å²) in [7, 11) is 1.65. The normalized spacial score (nSPS) is 10.3. The summed E-state index contributed by atoms with van der Waals surface area (Å²) in [4.78, 5) is 10.8. The molecule has 3 nitrogen and oxygen atoms in total. The Balaban J connectivity index is 0.000000478. The zero-order chi connectivity index (χ0) is 21.4. The molecule has 0 radical (unpaired) electrons. The van der Waals surface area contributed by atoms with Crippen LogP contribution in [0.25, 0.3) is 0 Å². The van der Waals surface area contributed by atoms with Gasteiger partial charge in [-0.3, -0.25) is 0 Å². The average molecular weight is 387 g/mol. The van der Waals surface area contributed by atoms with Gasteiger partial charge in [0.05, 0.1) is 7.11 Å². The molecule has 0 spiro atoms. The number of furan rings is 1. The lowest BCUT2D eigenvalue weighted by molar-refractivity contribution is -0.116. The van der Waals surface area contributed by atoms with Crippen LogP contribution in [0.4, 0.5) is 0 Å². The number of ketones is 1. The first-order valence-electron chi connectivity index (χ1n) is 10.3. The Labute approximate surface area is 171 Å². The lowest BCUT2D eigenvalue weighted by Gasteiger charge is -2.06. The van der Waals surface area contributed by atoms with Gasteiger partial charge in [-0.2, -0.15) is 0 Å². The van der Waals surface area contributed by atoms with Crippen LogP contribution in [0.2, 0.25) is 0 Å². The van der Waals surface area contributed by atoms with E-state index in [1.807, 2.05) is 38.1 Å². The molecule has 1 aromatic carbocycles. The number of carbonyl (C=O) groups is 1. The van der Waals surface area contributed by atoms with Crippen molar-refractivity contribution in [3.8, 4) is 5.75 Å². The molecule has 0 saturated carbocycles. The van der Waals surface area contributed by atoms with Gasteiger partial charge in [0, 0.05) is 19.3 Å². The molecule has 0 atom stereocenters. The number of hydrogen-bond donors (Lipinski definition) is 0. The Kier molecular flexibility index (Phi) is 14.5. The Morgan fingerprint density at radius 1 is 1.00 bits per heavy atom. The van der Waals surface area contributed by atoms with E-state index >= 15 is 0 Å². The van der Waals surface area contributed by atoms with E-state index in [2.05, 4.69) is 39.0 Å². The molecule has 0 fully saturated rings. The van der Waals surface area contributed by atoms with Crippen molar-refractivity contribution >= 4 is 5.78 Å². The number of para-hydroxylation sites is 1. The Hall–Kier alpha value is -2.29. The van der Waals surface area contributed by atoms with Crippen LogP contribution in [0, 0.1) is 0 Å². The van der Waals surface area contributed by atoms with E-state index in [0.717, 1.165) is 48.5 Å². The molecular formula is C25H38O3. The maximum atomic E-state index is 10.8. The number of Topliss-reactive ketones (excluding diaryl/α,β-unsaturated/α-hetero) is 1. The molecule has 2 rings (SSSR count). The highest BCUT2D eigenvalue weighted by molar-refractivity contribution is 5.75. The van der Waals surface area contributed by atoms with Gasteiger partial charge in [-0.05, 0) is 57.4 Å². The van der Waals surface area contributed by atoms with Crippen molar-refractivity contribution in [1.82, 2.24) is 0 Å².